The molecule has 0 unspecified atom stereocenters. The van der Waals surface area contributed by atoms with Crippen molar-refractivity contribution in [2.45, 2.75) is 0 Å². The minimum absolute atomic E-state index is 0.135. The first kappa shape index (κ1) is 12.3. The van der Waals surface area contributed by atoms with Crippen molar-refractivity contribution in [2.75, 3.05) is 5.73 Å². The number of aromatic nitrogens is 1. The van der Waals surface area contributed by atoms with E-state index in [0.29, 0.717) is 10.0 Å². The first-order chi connectivity index (χ1) is 8.60. The molecule has 6 heteroatoms. The number of nitrogens with two attached hydrogens (primary N) is 1. The summed E-state index contributed by atoms with van der Waals surface area (Å²) in [6.07, 6.45) is 1.33. The number of nitrogen functional groups attached to an aromatic ring is 1. The molecule has 0 aliphatic rings. The zero-order valence-corrected chi connectivity index (χ0v) is 10.6. The van der Waals surface area contributed by atoms with Gasteiger partial charge in [0.25, 0.3) is 0 Å². The smallest absolute Gasteiger partial charge is 0.242 e. The van der Waals surface area contributed by atoms with E-state index >= 15 is 0 Å². The largest absolute Gasteiger partial charge is 0.437 e. The van der Waals surface area contributed by atoms with Crippen LogP contribution in [0.15, 0.2) is 34.9 Å². The fourth-order valence-corrected chi connectivity index (χ4v) is 1.51. The summed E-state index contributed by atoms with van der Waals surface area (Å²) in [6, 6.07) is 7.66. The topological polar surface area (TPSA) is 71.9 Å². The molecule has 2 aromatic rings. The molecule has 18 heavy (non-hydrogen) atoms. The van der Waals surface area contributed by atoms with Gasteiger partial charge in [-0.2, -0.15) is 5.26 Å². The van der Waals surface area contributed by atoms with Crippen molar-refractivity contribution in [2.24, 2.45) is 0 Å². The highest BCUT2D eigenvalue weighted by Crippen LogP contribution is 2.28. The van der Waals surface area contributed by atoms with Crippen molar-refractivity contribution in [3.8, 4) is 17.7 Å². The third kappa shape index (κ3) is 2.57. The van der Waals surface area contributed by atoms with Gasteiger partial charge in [0.2, 0.25) is 5.88 Å². The molecule has 0 amide bonds. The van der Waals surface area contributed by atoms with E-state index in [4.69, 9.17) is 15.7 Å². The molecule has 0 bridgehead atoms. The molecule has 0 spiro atoms. The summed E-state index contributed by atoms with van der Waals surface area (Å²) in [5, 5.41) is 8.67. The lowest BCUT2D eigenvalue weighted by molar-refractivity contribution is 0.460. The second-order valence-corrected chi connectivity index (χ2v) is 4.26. The molecule has 0 saturated carbocycles. The van der Waals surface area contributed by atoms with Crippen molar-refractivity contribution in [3.05, 3.63) is 46.3 Å². The van der Waals surface area contributed by atoms with Crippen LogP contribution >= 0.6 is 15.9 Å². The molecule has 4 nitrogen and oxygen atoms in total. The Morgan fingerprint density at radius 1 is 1.39 bits per heavy atom. The molecule has 0 saturated heterocycles. The summed E-state index contributed by atoms with van der Waals surface area (Å²) < 4.78 is 19.0. The van der Waals surface area contributed by atoms with Gasteiger partial charge in [-0.15, -0.1) is 0 Å². The minimum atomic E-state index is -0.445. The van der Waals surface area contributed by atoms with E-state index in [1.165, 1.54) is 24.4 Å². The van der Waals surface area contributed by atoms with Crippen molar-refractivity contribution in [1.29, 1.82) is 5.26 Å². The Labute approximate surface area is 111 Å². The molecule has 90 valence electrons. The molecule has 1 aromatic heterocycles. The Bertz CT molecular complexity index is 640. The van der Waals surface area contributed by atoms with Gasteiger partial charge in [-0.05, 0) is 34.1 Å². The fraction of sp³-hybridized carbons (Fsp3) is 0. The molecular weight excluding hydrogens is 301 g/mol. The maximum atomic E-state index is 13.3. The zero-order valence-electron chi connectivity index (χ0n) is 9.02. The predicted octanol–water partition coefficient (Wildman–Crippen LogP) is 3.23. The zero-order chi connectivity index (χ0) is 13.1. The number of nitriles is 1. The molecular formula is C12H7BrFN3O. The van der Waals surface area contributed by atoms with Crippen LogP contribution in [0.1, 0.15) is 5.56 Å². The van der Waals surface area contributed by atoms with Crippen LogP contribution in [0.5, 0.6) is 11.6 Å². The van der Waals surface area contributed by atoms with Crippen molar-refractivity contribution in [3.63, 3.8) is 0 Å². The molecule has 1 aromatic carbocycles. The van der Waals surface area contributed by atoms with Crippen molar-refractivity contribution in [1.82, 2.24) is 4.98 Å². The average Bonchev–Trinajstić information content (AvgIpc) is 2.36. The van der Waals surface area contributed by atoms with E-state index in [1.54, 1.807) is 6.07 Å². The molecule has 0 atom stereocenters. The Balaban J connectivity index is 2.29. The standard InChI is InChI=1S/C12H7BrFN3O/c13-9-2-1-8(4-10(9)14)18-12-11(16)3-7(5-15)6-17-12/h1-4,6H,16H2. The Kier molecular flexibility index (Phi) is 3.44. The van der Waals surface area contributed by atoms with Gasteiger partial charge in [0, 0.05) is 12.3 Å². The van der Waals surface area contributed by atoms with Gasteiger partial charge in [-0.25, -0.2) is 9.37 Å². The number of halogens is 2. The molecule has 2 N–H and O–H groups in total. The average molecular weight is 308 g/mol. The van der Waals surface area contributed by atoms with Gasteiger partial charge in [-0.3, -0.25) is 0 Å². The highest BCUT2D eigenvalue weighted by Gasteiger charge is 2.07. The summed E-state index contributed by atoms with van der Waals surface area (Å²) in [5.74, 6) is -0.0324. The van der Waals surface area contributed by atoms with E-state index in [-0.39, 0.29) is 17.3 Å². The maximum Gasteiger partial charge on any atom is 0.242 e. The number of hydrogen-bond donors (Lipinski definition) is 1. The summed E-state index contributed by atoms with van der Waals surface area (Å²) in [6.45, 7) is 0. The second-order valence-electron chi connectivity index (χ2n) is 3.41. The SMILES string of the molecule is N#Cc1cnc(Oc2ccc(Br)c(F)c2)c(N)c1. The minimum Gasteiger partial charge on any atom is -0.437 e. The quantitative estimate of drug-likeness (QED) is 0.924. The first-order valence-corrected chi connectivity index (χ1v) is 5.68. The highest BCUT2D eigenvalue weighted by molar-refractivity contribution is 9.10. The van der Waals surface area contributed by atoms with Crippen LogP contribution in [0.4, 0.5) is 10.1 Å². The van der Waals surface area contributed by atoms with Gasteiger partial charge in [0.15, 0.2) is 0 Å². The van der Waals surface area contributed by atoms with Crippen LogP contribution in [0.2, 0.25) is 0 Å². The molecule has 0 aliphatic carbocycles. The number of anilines is 1. The highest BCUT2D eigenvalue weighted by atomic mass is 79.9. The monoisotopic (exact) mass is 307 g/mol. The van der Waals surface area contributed by atoms with Crippen molar-refractivity contribution >= 4 is 21.6 Å². The number of hydrogen-bond acceptors (Lipinski definition) is 4. The molecule has 0 aliphatic heterocycles. The van der Waals surface area contributed by atoms with E-state index in [2.05, 4.69) is 20.9 Å². The Morgan fingerprint density at radius 3 is 2.78 bits per heavy atom. The van der Waals surface area contributed by atoms with Crippen LogP contribution in [0, 0.1) is 17.1 Å². The van der Waals surface area contributed by atoms with E-state index in [1.807, 2.05) is 6.07 Å². The van der Waals surface area contributed by atoms with Gasteiger partial charge >= 0.3 is 0 Å². The summed E-state index contributed by atoms with van der Waals surface area (Å²) in [5.41, 5.74) is 6.23. The van der Waals surface area contributed by atoms with Crippen molar-refractivity contribution < 1.29 is 9.13 Å². The van der Waals surface area contributed by atoms with Crippen LogP contribution < -0.4 is 10.5 Å². The third-order valence-corrected chi connectivity index (χ3v) is 2.76. The molecule has 0 fully saturated rings. The van der Waals surface area contributed by atoms with Crippen LogP contribution in [0.3, 0.4) is 0 Å². The van der Waals surface area contributed by atoms with Gasteiger partial charge in [0.05, 0.1) is 15.7 Å². The lowest BCUT2D eigenvalue weighted by Gasteiger charge is -2.07. The van der Waals surface area contributed by atoms with Crippen LogP contribution in [-0.2, 0) is 0 Å². The van der Waals surface area contributed by atoms with Gasteiger partial charge in [-0.1, -0.05) is 0 Å². The third-order valence-electron chi connectivity index (χ3n) is 2.11. The van der Waals surface area contributed by atoms with E-state index in [0.717, 1.165) is 0 Å². The fourth-order valence-electron chi connectivity index (χ4n) is 1.27. The van der Waals surface area contributed by atoms with Crippen LogP contribution in [0.25, 0.3) is 0 Å². The molecule has 2 rings (SSSR count). The number of rotatable bonds is 2. The van der Waals surface area contributed by atoms with Gasteiger partial charge < -0.3 is 10.5 Å². The molecule has 1 heterocycles. The summed E-state index contributed by atoms with van der Waals surface area (Å²) >= 11 is 3.04. The predicted molar refractivity (Wildman–Crippen MR) is 67.5 cm³/mol. The van der Waals surface area contributed by atoms with Crippen LogP contribution in [-0.4, -0.2) is 4.98 Å². The van der Waals surface area contributed by atoms with Gasteiger partial charge in [0.1, 0.15) is 17.6 Å². The van der Waals surface area contributed by atoms with E-state index < -0.39 is 5.82 Å². The lowest BCUT2D eigenvalue weighted by Crippen LogP contribution is -1.96. The normalized spacial score (nSPS) is 9.83. The second kappa shape index (κ2) is 5.02. The molecule has 0 radical (unpaired) electrons. The number of benzene rings is 1. The summed E-state index contributed by atoms with van der Waals surface area (Å²) in [7, 11) is 0. The lowest BCUT2D eigenvalue weighted by atomic mass is 10.3. The maximum absolute atomic E-state index is 13.3. The Morgan fingerprint density at radius 2 is 2.17 bits per heavy atom. The Hall–Kier alpha value is -2.13. The number of ether oxygens (including phenoxy) is 1. The van der Waals surface area contributed by atoms with E-state index in [9.17, 15) is 4.39 Å². The number of pyridine rings is 1. The first-order valence-electron chi connectivity index (χ1n) is 4.88. The summed E-state index contributed by atoms with van der Waals surface area (Å²) in [4.78, 5) is 3.89. The number of nitrogens with zero attached hydrogens (tertiary/aromatic N) is 2.